The predicted octanol–water partition coefficient (Wildman–Crippen LogP) is 2.41. The number of aromatic nitrogens is 4. The van der Waals surface area contributed by atoms with E-state index in [0.717, 1.165) is 5.39 Å². The first-order valence-corrected chi connectivity index (χ1v) is 9.65. The molecule has 0 spiro atoms. The second-order valence-electron chi connectivity index (χ2n) is 6.90. The Bertz CT molecular complexity index is 1360. The Morgan fingerprint density at radius 2 is 2.17 bits per heavy atom. The number of hydrogen-bond acceptors (Lipinski definition) is 6. The van der Waals surface area contributed by atoms with Gasteiger partial charge in [0.05, 0.1) is 30.6 Å². The highest BCUT2D eigenvalue weighted by atomic mass is 16.5. The van der Waals surface area contributed by atoms with Crippen LogP contribution in [0.4, 0.5) is 5.69 Å². The lowest BCUT2D eigenvalue weighted by atomic mass is 10.1. The first kappa shape index (κ1) is 18.2. The Morgan fingerprint density at radius 3 is 2.97 bits per heavy atom. The molecular weight excluding hydrogens is 386 g/mol. The molecule has 0 aliphatic carbocycles. The Hall–Kier alpha value is -3.88. The quantitative estimate of drug-likeness (QED) is 0.562. The van der Waals surface area contributed by atoms with Gasteiger partial charge in [-0.2, -0.15) is 0 Å². The molecule has 0 saturated carbocycles. The van der Waals surface area contributed by atoms with E-state index in [2.05, 4.69) is 15.0 Å². The minimum Gasteiger partial charge on any atom is -0.491 e. The van der Waals surface area contributed by atoms with Crippen molar-refractivity contribution >= 4 is 33.7 Å². The fourth-order valence-corrected chi connectivity index (χ4v) is 3.84. The van der Waals surface area contributed by atoms with Crippen molar-refractivity contribution < 1.29 is 14.3 Å². The summed E-state index contributed by atoms with van der Waals surface area (Å²) in [6.45, 7) is 4.72. The molecule has 0 radical (unpaired) electrons. The number of carbonyl (C=O) groups is 1. The third kappa shape index (κ3) is 2.70. The smallest absolute Gasteiger partial charge is 0.332 e. The lowest BCUT2D eigenvalue weighted by Gasteiger charge is -2.29. The standard InChI is InChI=1S/C21H19N5O4/c1-3-29-17-6-7-22-20-18(17)26(21(28)24-20)13-4-5-15-14(10-13)19-16(11-23-15)25(12(2)27)8-9-30-19/h4-7,10-11H,3,8-9H2,1-2H3,(H,22,24,28). The maximum absolute atomic E-state index is 12.8. The van der Waals surface area contributed by atoms with Crippen LogP contribution in [-0.4, -0.2) is 45.2 Å². The van der Waals surface area contributed by atoms with Gasteiger partial charge in [0.1, 0.15) is 23.6 Å². The molecule has 1 amide bonds. The lowest BCUT2D eigenvalue weighted by molar-refractivity contribution is -0.116. The zero-order chi connectivity index (χ0) is 20.8. The summed E-state index contributed by atoms with van der Waals surface area (Å²) in [5.74, 6) is 1.07. The van der Waals surface area contributed by atoms with E-state index in [9.17, 15) is 9.59 Å². The summed E-state index contributed by atoms with van der Waals surface area (Å²) in [6.07, 6.45) is 3.24. The minimum absolute atomic E-state index is 0.0721. The second kappa shape index (κ2) is 6.87. The van der Waals surface area contributed by atoms with Crippen LogP contribution in [0, 0.1) is 0 Å². The van der Waals surface area contributed by atoms with Crippen LogP contribution in [0.2, 0.25) is 0 Å². The van der Waals surface area contributed by atoms with Crippen LogP contribution in [0.3, 0.4) is 0 Å². The predicted molar refractivity (Wildman–Crippen MR) is 112 cm³/mol. The summed E-state index contributed by atoms with van der Waals surface area (Å²) in [4.78, 5) is 37.9. The summed E-state index contributed by atoms with van der Waals surface area (Å²) in [5, 5.41) is 0.721. The number of nitrogens with zero attached hydrogens (tertiary/aromatic N) is 4. The van der Waals surface area contributed by atoms with Crippen molar-refractivity contribution in [1.82, 2.24) is 19.5 Å². The van der Waals surface area contributed by atoms with Gasteiger partial charge in [-0.3, -0.25) is 19.3 Å². The van der Waals surface area contributed by atoms with E-state index in [1.165, 1.54) is 11.5 Å². The molecule has 9 heteroatoms. The molecular formula is C21H19N5O4. The average molecular weight is 405 g/mol. The Morgan fingerprint density at radius 1 is 1.30 bits per heavy atom. The molecule has 1 aliphatic heterocycles. The van der Waals surface area contributed by atoms with Crippen molar-refractivity contribution in [3.8, 4) is 17.2 Å². The van der Waals surface area contributed by atoms with Crippen LogP contribution < -0.4 is 20.1 Å². The number of hydrogen-bond donors (Lipinski definition) is 1. The van der Waals surface area contributed by atoms with Crippen LogP contribution in [0.25, 0.3) is 27.8 Å². The van der Waals surface area contributed by atoms with Crippen molar-refractivity contribution in [1.29, 1.82) is 0 Å². The van der Waals surface area contributed by atoms with Crippen LogP contribution >= 0.6 is 0 Å². The van der Waals surface area contributed by atoms with Gasteiger partial charge in [-0.25, -0.2) is 9.78 Å². The Kier molecular flexibility index (Phi) is 4.16. The SMILES string of the molecule is CCOc1ccnc2[nH]c(=O)n(-c3ccc4ncc5c(c4c3)OCCN5C(C)=O)c12. The van der Waals surface area contributed by atoms with Gasteiger partial charge < -0.3 is 14.4 Å². The Balaban J connectivity index is 1.76. The van der Waals surface area contributed by atoms with E-state index < -0.39 is 0 Å². The number of H-pyrrole nitrogens is 1. The fourth-order valence-electron chi connectivity index (χ4n) is 3.84. The van der Waals surface area contributed by atoms with Crippen LogP contribution in [-0.2, 0) is 4.79 Å². The molecule has 0 unspecified atom stereocenters. The number of amides is 1. The van der Waals surface area contributed by atoms with Gasteiger partial charge in [-0.15, -0.1) is 0 Å². The molecule has 1 N–H and O–H groups in total. The van der Waals surface area contributed by atoms with Gasteiger partial charge in [0.2, 0.25) is 5.91 Å². The maximum Gasteiger partial charge on any atom is 0.332 e. The number of ether oxygens (including phenoxy) is 2. The van der Waals surface area contributed by atoms with E-state index in [0.29, 0.717) is 59.3 Å². The molecule has 152 valence electrons. The third-order valence-corrected chi connectivity index (χ3v) is 5.11. The third-order valence-electron chi connectivity index (χ3n) is 5.11. The summed E-state index contributed by atoms with van der Waals surface area (Å²) < 4.78 is 13.1. The van der Waals surface area contributed by atoms with Gasteiger partial charge in [-0.05, 0) is 25.1 Å². The van der Waals surface area contributed by atoms with Crippen molar-refractivity contribution in [3.05, 3.63) is 47.1 Å². The molecule has 0 atom stereocenters. The lowest BCUT2D eigenvalue weighted by Crippen LogP contribution is -2.36. The number of aromatic amines is 1. The molecule has 30 heavy (non-hydrogen) atoms. The van der Waals surface area contributed by atoms with Crippen molar-refractivity contribution in [2.45, 2.75) is 13.8 Å². The van der Waals surface area contributed by atoms with Gasteiger partial charge in [-0.1, -0.05) is 0 Å². The van der Waals surface area contributed by atoms with Gasteiger partial charge in [0.25, 0.3) is 0 Å². The van der Waals surface area contributed by atoms with Crippen molar-refractivity contribution in [3.63, 3.8) is 0 Å². The number of nitrogens with one attached hydrogen (secondary N) is 1. The normalized spacial score (nSPS) is 13.3. The molecule has 5 rings (SSSR count). The molecule has 0 fully saturated rings. The topological polar surface area (TPSA) is 102 Å². The number of imidazole rings is 1. The number of benzene rings is 1. The average Bonchev–Trinajstić information content (AvgIpc) is 3.09. The number of carbonyl (C=O) groups excluding carboxylic acids is 1. The molecule has 4 aromatic rings. The number of rotatable bonds is 3. The highest BCUT2D eigenvalue weighted by Crippen LogP contribution is 2.38. The zero-order valence-electron chi connectivity index (χ0n) is 16.5. The summed E-state index contributed by atoms with van der Waals surface area (Å²) in [6, 6.07) is 7.20. The molecule has 9 nitrogen and oxygen atoms in total. The highest BCUT2D eigenvalue weighted by molar-refractivity contribution is 5.99. The summed E-state index contributed by atoms with van der Waals surface area (Å²) in [7, 11) is 0. The minimum atomic E-state index is -0.326. The van der Waals surface area contributed by atoms with E-state index in [4.69, 9.17) is 9.47 Å². The van der Waals surface area contributed by atoms with Crippen LogP contribution in [0.5, 0.6) is 11.5 Å². The van der Waals surface area contributed by atoms with E-state index >= 15 is 0 Å². The fraction of sp³-hybridized carbons (Fsp3) is 0.238. The molecule has 0 bridgehead atoms. The largest absolute Gasteiger partial charge is 0.491 e. The van der Waals surface area contributed by atoms with E-state index in [-0.39, 0.29) is 11.6 Å². The van der Waals surface area contributed by atoms with Crippen molar-refractivity contribution in [2.24, 2.45) is 0 Å². The van der Waals surface area contributed by atoms with Gasteiger partial charge in [0, 0.05) is 24.6 Å². The van der Waals surface area contributed by atoms with Crippen LogP contribution in [0.1, 0.15) is 13.8 Å². The molecule has 1 aromatic carbocycles. The monoisotopic (exact) mass is 405 g/mol. The summed E-state index contributed by atoms with van der Waals surface area (Å²) in [5.41, 5.74) is 2.63. The first-order valence-electron chi connectivity index (χ1n) is 9.65. The molecule has 0 saturated heterocycles. The molecule has 4 heterocycles. The number of anilines is 1. The van der Waals surface area contributed by atoms with Gasteiger partial charge >= 0.3 is 5.69 Å². The molecule has 1 aliphatic rings. The first-order chi connectivity index (χ1) is 14.6. The Labute approximate surface area is 170 Å². The number of fused-ring (bicyclic) bond motifs is 4. The van der Waals surface area contributed by atoms with Crippen LogP contribution in [0.15, 0.2) is 41.5 Å². The zero-order valence-corrected chi connectivity index (χ0v) is 16.5. The van der Waals surface area contributed by atoms with E-state index in [1.807, 2.05) is 25.1 Å². The second-order valence-corrected chi connectivity index (χ2v) is 6.90. The van der Waals surface area contributed by atoms with E-state index in [1.54, 1.807) is 23.4 Å². The maximum atomic E-state index is 12.8. The molecule has 3 aromatic heterocycles. The van der Waals surface area contributed by atoms with Crippen molar-refractivity contribution in [2.75, 3.05) is 24.7 Å². The summed E-state index contributed by atoms with van der Waals surface area (Å²) >= 11 is 0. The number of pyridine rings is 2. The van der Waals surface area contributed by atoms with Gasteiger partial charge in [0.15, 0.2) is 11.4 Å². The highest BCUT2D eigenvalue weighted by Gasteiger charge is 2.24.